The van der Waals surface area contributed by atoms with Crippen LogP contribution in [0.15, 0.2) is 24.5 Å². The summed E-state index contributed by atoms with van der Waals surface area (Å²) < 4.78 is 0. The van der Waals surface area contributed by atoms with Crippen LogP contribution >= 0.6 is 0 Å². The molecule has 0 saturated heterocycles. The van der Waals surface area contributed by atoms with Crippen LogP contribution in [0.1, 0.15) is 38.7 Å². The number of pyridine rings is 1. The third-order valence-electron chi connectivity index (χ3n) is 4.39. The number of hydrogen-bond acceptors (Lipinski definition) is 2. The van der Waals surface area contributed by atoms with Crippen molar-refractivity contribution in [1.29, 1.82) is 0 Å². The molecule has 2 heteroatoms. The molecule has 1 aliphatic rings. The second-order valence-electron chi connectivity index (χ2n) is 6.54. The molecule has 0 aliphatic heterocycles. The van der Waals surface area contributed by atoms with Crippen molar-refractivity contribution in [3.05, 3.63) is 30.1 Å². The highest BCUT2D eigenvalue weighted by Gasteiger charge is 2.34. The van der Waals surface area contributed by atoms with E-state index in [1.165, 1.54) is 31.2 Å². The Hall–Kier alpha value is -0.890. The maximum Gasteiger partial charge on any atom is 0.0270 e. The molecule has 1 aromatic rings. The molecule has 0 spiro atoms. The van der Waals surface area contributed by atoms with Gasteiger partial charge in [0.2, 0.25) is 0 Å². The van der Waals surface area contributed by atoms with Crippen molar-refractivity contribution in [1.82, 2.24) is 10.3 Å². The second kappa shape index (κ2) is 5.83. The van der Waals surface area contributed by atoms with Crippen molar-refractivity contribution in [3.63, 3.8) is 0 Å². The van der Waals surface area contributed by atoms with Crippen LogP contribution in [-0.2, 0) is 6.42 Å². The highest BCUT2D eigenvalue weighted by atomic mass is 14.8. The molecule has 1 N–H and O–H groups in total. The Labute approximate surface area is 111 Å². The molecule has 1 aromatic heterocycles. The monoisotopic (exact) mass is 246 g/mol. The molecule has 0 aromatic carbocycles. The molecule has 1 heterocycles. The van der Waals surface area contributed by atoms with Crippen molar-refractivity contribution in [2.45, 2.75) is 39.5 Å². The molecule has 1 fully saturated rings. The van der Waals surface area contributed by atoms with Gasteiger partial charge in [0.25, 0.3) is 0 Å². The number of aromatic nitrogens is 1. The Kier molecular flexibility index (Phi) is 4.39. The van der Waals surface area contributed by atoms with Crippen LogP contribution < -0.4 is 5.32 Å². The maximum absolute atomic E-state index is 4.11. The first kappa shape index (κ1) is 13.5. The Morgan fingerprint density at radius 1 is 1.28 bits per heavy atom. The van der Waals surface area contributed by atoms with Crippen LogP contribution in [0.3, 0.4) is 0 Å². The van der Waals surface area contributed by atoms with Gasteiger partial charge in [-0.2, -0.15) is 0 Å². The van der Waals surface area contributed by atoms with Gasteiger partial charge in [0.1, 0.15) is 0 Å². The maximum atomic E-state index is 4.11. The standard InChI is InChI=1S/C16H26N2/c1-16(2)7-4-14(12-17-3)15(11-16)10-13-5-8-18-9-6-13/h5-6,8-9,14-15,17H,4,7,10-12H2,1-3H3. The van der Waals surface area contributed by atoms with E-state index in [2.05, 4.69) is 43.3 Å². The summed E-state index contributed by atoms with van der Waals surface area (Å²) >= 11 is 0. The molecule has 0 radical (unpaired) electrons. The fourth-order valence-electron chi connectivity index (χ4n) is 3.38. The van der Waals surface area contributed by atoms with Gasteiger partial charge in [0.05, 0.1) is 0 Å². The summed E-state index contributed by atoms with van der Waals surface area (Å²) in [4.78, 5) is 4.11. The zero-order valence-corrected chi connectivity index (χ0v) is 11.9. The van der Waals surface area contributed by atoms with E-state index in [9.17, 15) is 0 Å². The van der Waals surface area contributed by atoms with Crippen molar-refractivity contribution in [3.8, 4) is 0 Å². The fraction of sp³-hybridized carbons (Fsp3) is 0.688. The first-order chi connectivity index (χ1) is 8.61. The Morgan fingerprint density at radius 2 is 2.00 bits per heavy atom. The molecule has 100 valence electrons. The predicted octanol–water partition coefficient (Wildman–Crippen LogP) is 3.29. The summed E-state index contributed by atoms with van der Waals surface area (Å²) in [7, 11) is 2.07. The molecule has 2 nitrogen and oxygen atoms in total. The van der Waals surface area contributed by atoms with Crippen molar-refractivity contribution in [2.75, 3.05) is 13.6 Å². The van der Waals surface area contributed by atoms with Gasteiger partial charge in [-0.3, -0.25) is 4.98 Å². The van der Waals surface area contributed by atoms with Crippen LogP contribution in [-0.4, -0.2) is 18.6 Å². The van der Waals surface area contributed by atoms with E-state index in [0.29, 0.717) is 5.41 Å². The summed E-state index contributed by atoms with van der Waals surface area (Å²) in [6.45, 7) is 6.00. The second-order valence-corrected chi connectivity index (χ2v) is 6.54. The van der Waals surface area contributed by atoms with E-state index >= 15 is 0 Å². The zero-order valence-electron chi connectivity index (χ0n) is 11.9. The fourth-order valence-corrected chi connectivity index (χ4v) is 3.38. The average molecular weight is 246 g/mol. The average Bonchev–Trinajstić information content (AvgIpc) is 2.34. The van der Waals surface area contributed by atoms with Crippen molar-refractivity contribution < 1.29 is 0 Å². The summed E-state index contributed by atoms with van der Waals surface area (Å²) in [6.07, 6.45) is 9.11. The number of hydrogen-bond donors (Lipinski definition) is 1. The van der Waals surface area contributed by atoms with Crippen LogP contribution in [0, 0.1) is 17.3 Å². The molecule has 2 unspecified atom stereocenters. The third kappa shape index (κ3) is 3.55. The minimum Gasteiger partial charge on any atom is -0.319 e. The lowest BCUT2D eigenvalue weighted by atomic mass is 9.65. The first-order valence-corrected chi connectivity index (χ1v) is 7.14. The zero-order chi connectivity index (χ0) is 13.0. The Morgan fingerprint density at radius 3 is 2.67 bits per heavy atom. The van der Waals surface area contributed by atoms with Gasteiger partial charge in [-0.15, -0.1) is 0 Å². The lowest BCUT2D eigenvalue weighted by molar-refractivity contribution is 0.117. The highest BCUT2D eigenvalue weighted by Crippen LogP contribution is 2.42. The molecule has 1 aliphatic carbocycles. The number of nitrogens with one attached hydrogen (secondary N) is 1. The van der Waals surface area contributed by atoms with Gasteiger partial charge in [-0.25, -0.2) is 0 Å². The molecular formula is C16H26N2. The third-order valence-corrected chi connectivity index (χ3v) is 4.39. The van der Waals surface area contributed by atoms with Gasteiger partial charge in [-0.05, 0) is 74.2 Å². The Bertz CT molecular complexity index is 359. The van der Waals surface area contributed by atoms with Crippen molar-refractivity contribution >= 4 is 0 Å². The molecule has 2 rings (SSSR count). The Balaban J connectivity index is 2.05. The van der Waals surface area contributed by atoms with E-state index in [0.717, 1.165) is 18.4 Å². The minimum absolute atomic E-state index is 0.516. The SMILES string of the molecule is CNCC1CCC(C)(C)CC1Cc1ccncc1. The van der Waals surface area contributed by atoms with Crippen LogP contribution in [0.25, 0.3) is 0 Å². The van der Waals surface area contributed by atoms with Gasteiger partial charge >= 0.3 is 0 Å². The lowest BCUT2D eigenvalue weighted by Gasteiger charge is -2.41. The van der Waals surface area contributed by atoms with Crippen LogP contribution in [0.5, 0.6) is 0 Å². The molecule has 0 amide bonds. The van der Waals surface area contributed by atoms with E-state index in [4.69, 9.17) is 0 Å². The molecular weight excluding hydrogens is 220 g/mol. The van der Waals surface area contributed by atoms with E-state index in [-0.39, 0.29) is 0 Å². The summed E-state index contributed by atoms with van der Waals surface area (Å²) in [6, 6.07) is 4.33. The topological polar surface area (TPSA) is 24.9 Å². The van der Waals surface area contributed by atoms with Gasteiger partial charge < -0.3 is 5.32 Å². The largest absolute Gasteiger partial charge is 0.319 e. The van der Waals surface area contributed by atoms with Gasteiger partial charge in [-0.1, -0.05) is 13.8 Å². The van der Waals surface area contributed by atoms with Crippen LogP contribution in [0.4, 0.5) is 0 Å². The minimum atomic E-state index is 0.516. The van der Waals surface area contributed by atoms with E-state index < -0.39 is 0 Å². The number of rotatable bonds is 4. The smallest absolute Gasteiger partial charge is 0.0270 e. The molecule has 2 atom stereocenters. The summed E-state index contributed by atoms with van der Waals surface area (Å²) in [5, 5.41) is 3.37. The normalized spacial score (nSPS) is 27.1. The van der Waals surface area contributed by atoms with Gasteiger partial charge in [0, 0.05) is 12.4 Å². The van der Waals surface area contributed by atoms with E-state index in [1.54, 1.807) is 0 Å². The van der Waals surface area contributed by atoms with Crippen LogP contribution in [0.2, 0.25) is 0 Å². The van der Waals surface area contributed by atoms with E-state index in [1.807, 2.05) is 12.4 Å². The first-order valence-electron chi connectivity index (χ1n) is 7.14. The summed E-state index contributed by atoms with van der Waals surface area (Å²) in [5.41, 5.74) is 1.95. The summed E-state index contributed by atoms with van der Waals surface area (Å²) in [5.74, 6) is 1.64. The predicted molar refractivity (Wildman–Crippen MR) is 76.5 cm³/mol. The van der Waals surface area contributed by atoms with Gasteiger partial charge in [0.15, 0.2) is 0 Å². The van der Waals surface area contributed by atoms with Crippen molar-refractivity contribution in [2.24, 2.45) is 17.3 Å². The quantitative estimate of drug-likeness (QED) is 0.882. The molecule has 0 bridgehead atoms. The molecule has 18 heavy (non-hydrogen) atoms. The lowest BCUT2D eigenvalue weighted by Crippen LogP contribution is -2.36. The highest BCUT2D eigenvalue weighted by molar-refractivity contribution is 5.11. The molecule has 1 saturated carbocycles. The number of nitrogens with zero attached hydrogens (tertiary/aromatic N) is 1.